The van der Waals surface area contributed by atoms with Crippen molar-refractivity contribution >= 4 is 17.8 Å². The molecule has 1 atom stereocenters. The van der Waals surface area contributed by atoms with Crippen molar-refractivity contribution in [3.05, 3.63) is 35.4 Å². The lowest BCUT2D eigenvalue weighted by atomic mass is 10.0. The van der Waals surface area contributed by atoms with E-state index in [1.807, 2.05) is 32.9 Å². The zero-order valence-electron chi connectivity index (χ0n) is 15.6. The third-order valence-corrected chi connectivity index (χ3v) is 3.54. The molecule has 0 aliphatic heterocycles. The number of benzene rings is 1. The van der Waals surface area contributed by atoms with Gasteiger partial charge < -0.3 is 15.4 Å². The molecule has 1 aromatic rings. The van der Waals surface area contributed by atoms with Crippen LogP contribution in [0.3, 0.4) is 0 Å². The van der Waals surface area contributed by atoms with Crippen LogP contribution in [0, 0.1) is 12.8 Å². The lowest BCUT2D eigenvalue weighted by Crippen LogP contribution is -2.50. The number of carbonyl (C=O) groups excluding carboxylic acids is 3. The van der Waals surface area contributed by atoms with Crippen LogP contribution in [-0.2, 0) is 14.3 Å². The maximum Gasteiger partial charge on any atom is 0.307 e. The molecular weight excluding hydrogens is 320 g/mol. The lowest BCUT2D eigenvalue weighted by Gasteiger charge is -2.21. The van der Waals surface area contributed by atoms with Gasteiger partial charge >= 0.3 is 5.97 Å². The summed E-state index contributed by atoms with van der Waals surface area (Å²) < 4.78 is 5.01. The van der Waals surface area contributed by atoms with Crippen molar-refractivity contribution < 1.29 is 19.1 Å². The first-order chi connectivity index (χ1) is 11.7. The van der Waals surface area contributed by atoms with Gasteiger partial charge in [-0.15, -0.1) is 0 Å². The summed E-state index contributed by atoms with van der Waals surface area (Å²) in [6.07, 6.45) is -0.0823. The molecular formula is C19H28N2O4. The summed E-state index contributed by atoms with van der Waals surface area (Å²) in [4.78, 5) is 36.1. The molecule has 0 fully saturated rings. The normalized spacial score (nSPS) is 12.0. The smallest absolute Gasteiger partial charge is 0.307 e. The maximum atomic E-state index is 12.3. The number of hydrogen-bond donors (Lipinski definition) is 2. The van der Waals surface area contributed by atoms with E-state index in [1.54, 1.807) is 26.0 Å². The van der Waals surface area contributed by atoms with Crippen LogP contribution in [0.4, 0.5) is 0 Å². The van der Waals surface area contributed by atoms with Crippen LogP contribution >= 0.6 is 0 Å². The van der Waals surface area contributed by atoms with E-state index in [-0.39, 0.29) is 42.8 Å². The van der Waals surface area contributed by atoms with Gasteiger partial charge in [-0.3, -0.25) is 14.4 Å². The summed E-state index contributed by atoms with van der Waals surface area (Å²) in [6, 6.07) is 6.47. The predicted molar refractivity (Wildman–Crippen MR) is 96.1 cm³/mol. The Labute approximate surface area is 149 Å². The Balaban J connectivity index is 2.57. The van der Waals surface area contributed by atoms with Crippen molar-refractivity contribution in [2.45, 2.75) is 53.2 Å². The van der Waals surface area contributed by atoms with Crippen LogP contribution < -0.4 is 10.6 Å². The third-order valence-electron chi connectivity index (χ3n) is 3.54. The van der Waals surface area contributed by atoms with Crippen LogP contribution in [0.2, 0.25) is 0 Å². The van der Waals surface area contributed by atoms with E-state index in [0.29, 0.717) is 5.56 Å². The number of carbonyl (C=O) groups is 3. The molecule has 2 amide bonds. The van der Waals surface area contributed by atoms with Gasteiger partial charge in [-0.2, -0.15) is 0 Å². The van der Waals surface area contributed by atoms with Gasteiger partial charge in [0.15, 0.2) is 0 Å². The summed E-state index contributed by atoms with van der Waals surface area (Å²) in [7, 11) is 0. The standard InChI is InChI=1S/C19H28N2O4/c1-12(2)17(19(24)20-11-10-16(22)25-13(3)4)21-18(23)15-8-6-14(5)7-9-15/h6-9,12-13,17H,10-11H2,1-5H3,(H,20,24)(H,21,23). The molecule has 0 radical (unpaired) electrons. The number of aryl methyl sites for hydroxylation is 1. The number of esters is 1. The third kappa shape index (κ3) is 7.37. The monoisotopic (exact) mass is 348 g/mol. The van der Waals surface area contributed by atoms with E-state index in [0.717, 1.165) is 5.56 Å². The van der Waals surface area contributed by atoms with Crippen molar-refractivity contribution in [1.29, 1.82) is 0 Å². The topological polar surface area (TPSA) is 84.5 Å². The second-order valence-electron chi connectivity index (χ2n) is 6.64. The van der Waals surface area contributed by atoms with Crippen LogP contribution in [0.15, 0.2) is 24.3 Å². The Kier molecular flexibility index (Phi) is 8.11. The molecule has 0 bridgehead atoms. The van der Waals surface area contributed by atoms with Gasteiger partial charge in [0.2, 0.25) is 5.91 Å². The molecule has 0 saturated carbocycles. The van der Waals surface area contributed by atoms with Gasteiger partial charge in [0.05, 0.1) is 12.5 Å². The van der Waals surface area contributed by atoms with Crippen LogP contribution in [0.1, 0.15) is 50.0 Å². The van der Waals surface area contributed by atoms with E-state index in [4.69, 9.17) is 4.74 Å². The summed E-state index contributed by atoms with van der Waals surface area (Å²) in [5.41, 5.74) is 1.56. The number of hydrogen-bond acceptors (Lipinski definition) is 4. The highest BCUT2D eigenvalue weighted by atomic mass is 16.5. The highest BCUT2D eigenvalue weighted by Gasteiger charge is 2.24. The molecule has 0 aromatic heterocycles. The molecule has 0 aliphatic carbocycles. The van der Waals surface area contributed by atoms with E-state index in [1.165, 1.54) is 0 Å². The van der Waals surface area contributed by atoms with Crippen LogP contribution in [0.25, 0.3) is 0 Å². The predicted octanol–water partition coefficient (Wildman–Crippen LogP) is 2.21. The van der Waals surface area contributed by atoms with Crippen LogP contribution in [-0.4, -0.2) is 36.5 Å². The van der Waals surface area contributed by atoms with Gasteiger partial charge in [0, 0.05) is 12.1 Å². The summed E-state index contributed by atoms with van der Waals surface area (Å²) in [5, 5.41) is 5.43. The van der Waals surface area contributed by atoms with Crippen molar-refractivity contribution in [2.24, 2.45) is 5.92 Å². The molecule has 1 unspecified atom stereocenters. The van der Waals surface area contributed by atoms with Gasteiger partial charge in [0.25, 0.3) is 5.91 Å². The second kappa shape index (κ2) is 9.81. The second-order valence-corrected chi connectivity index (χ2v) is 6.64. The Hall–Kier alpha value is -2.37. The average Bonchev–Trinajstić information content (AvgIpc) is 2.51. The highest BCUT2D eigenvalue weighted by molar-refractivity contribution is 5.97. The fraction of sp³-hybridized carbons (Fsp3) is 0.526. The first-order valence-electron chi connectivity index (χ1n) is 8.55. The molecule has 0 spiro atoms. The van der Waals surface area contributed by atoms with Gasteiger partial charge in [-0.1, -0.05) is 31.5 Å². The summed E-state index contributed by atoms with van der Waals surface area (Å²) >= 11 is 0. The van der Waals surface area contributed by atoms with E-state index >= 15 is 0 Å². The Bertz CT molecular complexity index is 594. The van der Waals surface area contributed by atoms with Gasteiger partial charge in [-0.25, -0.2) is 0 Å². The zero-order valence-corrected chi connectivity index (χ0v) is 15.6. The SMILES string of the molecule is Cc1ccc(C(=O)NC(C(=O)NCCC(=O)OC(C)C)C(C)C)cc1. The molecule has 0 saturated heterocycles. The minimum absolute atomic E-state index is 0.0861. The minimum atomic E-state index is -0.671. The minimum Gasteiger partial charge on any atom is -0.463 e. The molecule has 138 valence electrons. The fourth-order valence-corrected chi connectivity index (χ4v) is 2.18. The number of amides is 2. The summed E-state index contributed by atoms with van der Waals surface area (Å²) in [6.45, 7) is 9.36. The van der Waals surface area contributed by atoms with E-state index in [9.17, 15) is 14.4 Å². The van der Waals surface area contributed by atoms with Crippen molar-refractivity contribution in [1.82, 2.24) is 10.6 Å². The highest BCUT2D eigenvalue weighted by Crippen LogP contribution is 2.07. The Morgan fingerprint density at radius 2 is 1.64 bits per heavy atom. The van der Waals surface area contributed by atoms with Gasteiger partial charge in [-0.05, 0) is 38.8 Å². The van der Waals surface area contributed by atoms with E-state index < -0.39 is 6.04 Å². The number of ether oxygens (including phenoxy) is 1. The van der Waals surface area contributed by atoms with Gasteiger partial charge in [0.1, 0.15) is 6.04 Å². The fourth-order valence-electron chi connectivity index (χ4n) is 2.18. The zero-order chi connectivity index (χ0) is 19.0. The molecule has 25 heavy (non-hydrogen) atoms. The average molecular weight is 348 g/mol. The van der Waals surface area contributed by atoms with Crippen molar-refractivity contribution in [3.8, 4) is 0 Å². The Morgan fingerprint density at radius 1 is 1.04 bits per heavy atom. The first-order valence-corrected chi connectivity index (χ1v) is 8.55. The van der Waals surface area contributed by atoms with Crippen molar-refractivity contribution in [3.63, 3.8) is 0 Å². The molecule has 0 heterocycles. The van der Waals surface area contributed by atoms with E-state index in [2.05, 4.69) is 10.6 Å². The number of nitrogens with one attached hydrogen (secondary N) is 2. The van der Waals surface area contributed by atoms with Crippen molar-refractivity contribution in [2.75, 3.05) is 6.54 Å². The number of rotatable bonds is 8. The molecule has 1 rings (SSSR count). The maximum absolute atomic E-state index is 12.3. The molecule has 0 aliphatic rings. The largest absolute Gasteiger partial charge is 0.463 e. The molecule has 6 nitrogen and oxygen atoms in total. The lowest BCUT2D eigenvalue weighted by molar-refractivity contribution is -0.147. The first kappa shape index (κ1) is 20.7. The van der Waals surface area contributed by atoms with Crippen LogP contribution in [0.5, 0.6) is 0 Å². The molecule has 2 N–H and O–H groups in total. The Morgan fingerprint density at radius 3 is 2.16 bits per heavy atom. The molecule has 6 heteroatoms. The summed E-state index contributed by atoms with van der Waals surface area (Å²) in [5.74, 6) is -1.06. The quantitative estimate of drug-likeness (QED) is 0.706. The molecule has 1 aromatic carbocycles.